The summed E-state index contributed by atoms with van der Waals surface area (Å²) in [6, 6.07) is 3.49. The molecule has 1 atom stereocenters. The maximum atomic E-state index is 11.9. The Kier molecular flexibility index (Phi) is 2.79. The standard InChI is InChI=1S/C11H8N4O3S/c16-8(17)5-7-10(18)15-11(19-7)13-9(14-15)6-1-3-12-4-2-6/h1-4,7H,5H2,(H,16,17). The summed E-state index contributed by atoms with van der Waals surface area (Å²) < 4.78 is 1.17. The van der Waals surface area contributed by atoms with Gasteiger partial charge in [-0.3, -0.25) is 14.6 Å². The highest BCUT2D eigenvalue weighted by Gasteiger charge is 2.36. The van der Waals surface area contributed by atoms with Crippen molar-refractivity contribution in [1.82, 2.24) is 19.7 Å². The third-order valence-corrected chi connectivity index (χ3v) is 3.74. The lowest BCUT2D eigenvalue weighted by Gasteiger charge is -2.01. The zero-order chi connectivity index (χ0) is 13.4. The van der Waals surface area contributed by atoms with E-state index in [1.54, 1.807) is 24.5 Å². The third kappa shape index (κ3) is 2.10. The van der Waals surface area contributed by atoms with Gasteiger partial charge in [-0.2, -0.15) is 4.68 Å². The molecule has 7 nitrogen and oxygen atoms in total. The molecule has 0 radical (unpaired) electrons. The van der Waals surface area contributed by atoms with Gasteiger partial charge in [-0.1, -0.05) is 11.8 Å². The fourth-order valence-electron chi connectivity index (χ4n) is 1.74. The molecule has 0 spiro atoms. The number of pyridine rings is 1. The molecule has 1 aliphatic rings. The van der Waals surface area contributed by atoms with Crippen molar-refractivity contribution in [3.63, 3.8) is 0 Å². The van der Waals surface area contributed by atoms with Gasteiger partial charge in [-0.15, -0.1) is 5.10 Å². The molecule has 3 rings (SSSR count). The lowest BCUT2D eigenvalue weighted by atomic mass is 10.3. The van der Waals surface area contributed by atoms with E-state index in [1.165, 1.54) is 4.68 Å². The molecule has 1 unspecified atom stereocenters. The second-order valence-corrected chi connectivity index (χ2v) is 5.08. The number of thioether (sulfide) groups is 1. The van der Waals surface area contributed by atoms with Crippen LogP contribution in [0.1, 0.15) is 11.2 Å². The molecule has 0 amide bonds. The first-order valence-electron chi connectivity index (χ1n) is 5.45. The van der Waals surface area contributed by atoms with Crippen LogP contribution < -0.4 is 0 Å². The number of carbonyl (C=O) groups excluding carboxylic acids is 1. The zero-order valence-electron chi connectivity index (χ0n) is 9.55. The topological polar surface area (TPSA) is 98.0 Å². The van der Waals surface area contributed by atoms with Gasteiger partial charge in [-0.05, 0) is 12.1 Å². The van der Waals surface area contributed by atoms with Crippen LogP contribution in [0, 0.1) is 0 Å². The molecule has 1 N–H and O–H groups in total. The van der Waals surface area contributed by atoms with E-state index in [0.29, 0.717) is 11.0 Å². The fraction of sp³-hybridized carbons (Fsp3) is 0.182. The number of hydrogen-bond donors (Lipinski definition) is 1. The lowest BCUT2D eigenvalue weighted by molar-refractivity contribution is -0.136. The van der Waals surface area contributed by atoms with E-state index >= 15 is 0 Å². The predicted molar refractivity (Wildman–Crippen MR) is 65.8 cm³/mol. The molecule has 8 heteroatoms. The minimum Gasteiger partial charge on any atom is -0.481 e. The fourth-order valence-corrected chi connectivity index (χ4v) is 2.79. The van der Waals surface area contributed by atoms with E-state index in [9.17, 15) is 9.59 Å². The van der Waals surface area contributed by atoms with Gasteiger partial charge in [-0.25, -0.2) is 4.98 Å². The Labute approximate surface area is 111 Å². The Morgan fingerprint density at radius 3 is 2.79 bits per heavy atom. The SMILES string of the molecule is O=C(O)CC1Sc2nc(-c3ccncc3)nn2C1=O. The maximum Gasteiger partial charge on any atom is 0.305 e. The maximum absolute atomic E-state index is 11.9. The van der Waals surface area contributed by atoms with Gasteiger partial charge in [0.2, 0.25) is 0 Å². The number of fused-ring (bicyclic) bond motifs is 1. The second kappa shape index (κ2) is 4.47. The van der Waals surface area contributed by atoms with Crippen LogP contribution in [-0.2, 0) is 4.79 Å². The van der Waals surface area contributed by atoms with E-state index in [1.807, 2.05) is 0 Å². The molecule has 2 aromatic rings. The van der Waals surface area contributed by atoms with Crippen LogP contribution in [0.15, 0.2) is 29.7 Å². The predicted octanol–water partition coefficient (Wildman–Crippen LogP) is 0.929. The normalized spacial score (nSPS) is 17.5. The Hall–Kier alpha value is -2.22. The molecule has 0 saturated carbocycles. The molecule has 0 aliphatic carbocycles. The molecule has 0 aromatic carbocycles. The molecule has 96 valence electrons. The van der Waals surface area contributed by atoms with Gasteiger partial charge < -0.3 is 5.11 Å². The van der Waals surface area contributed by atoms with Gasteiger partial charge in [0.25, 0.3) is 5.91 Å². The number of carboxylic acid groups (broad SMARTS) is 1. The number of aromatic nitrogens is 4. The van der Waals surface area contributed by atoms with Crippen LogP contribution in [0.4, 0.5) is 0 Å². The zero-order valence-corrected chi connectivity index (χ0v) is 10.4. The number of nitrogens with zero attached hydrogens (tertiary/aromatic N) is 4. The third-order valence-electron chi connectivity index (χ3n) is 2.61. The highest BCUT2D eigenvalue weighted by atomic mass is 32.2. The minimum atomic E-state index is -1.01. The van der Waals surface area contributed by atoms with Crippen molar-refractivity contribution in [2.45, 2.75) is 16.8 Å². The van der Waals surface area contributed by atoms with Crippen molar-refractivity contribution < 1.29 is 14.7 Å². The van der Waals surface area contributed by atoms with Crippen molar-refractivity contribution >= 4 is 23.6 Å². The number of carbonyl (C=O) groups is 2. The van der Waals surface area contributed by atoms with Crippen LogP contribution in [0.2, 0.25) is 0 Å². The summed E-state index contributed by atoms with van der Waals surface area (Å²) in [6.45, 7) is 0. The van der Waals surface area contributed by atoms with Gasteiger partial charge in [0.15, 0.2) is 11.0 Å². The van der Waals surface area contributed by atoms with E-state index in [2.05, 4.69) is 15.1 Å². The summed E-state index contributed by atoms with van der Waals surface area (Å²) in [7, 11) is 0. The van der Waals surface area contributed by atoms with Crippen LogP contribution in [0.5, 0.6) is 0 Å². The average molecular weight is 276 g/mol. The number of aliphatic carboxylic acids is 1. The first-order valence-corrected chi connectivity index (χ1v) is 6.33. The number of hydrogen-bond acceptors (Lipinski definition) is 6. The quantitative estimate of drug-likeness (QED) is 0.890. The van der Waals surface area contributed by atoms with Crippen molar-refractivity contribution in [2.24, 2.45) is 0 Å². The van der Waals surface area contributed by atoms with Crippen LogP contribution in [0.25, 0.3) is 11.4 Å². The summed E-state index contributed by atoms with van der Waals surface area (Å²) >= 11 is 1.13. The number of carboxylic acids is 1. The lowest BCUT2D eigenvalue weighted by Crippen LogP contribution is -2.21. The van der Waals surface area contributed by atoms with E-state index in [0.717, 1.165) is 17.3 Å². The summed E-state index contributed by atoms with van der Waals surface area (Å²) in [4.78, 5) is 30.7. The van der Waals surface area contributed by atoms with Crippen LogP contribution >= 0.6 is 11.8 Å². The largest absolute Gasteiger partial charge is 0.481 e. The molecule has 3 heterocycles. The van der Waals surface area contributed by atoms with Crippen molar-refractivity contribution in [1.29, 1.82) is 0 Å². The Balaban J connectivity index is 1.89. The van der Waals surface area contributed by atoms with Crippen molar-refractivity contribution in [3.8, 4) is 11.4 Å². The van der Waals surface area contributed by atoms with Crippen LogP contribution in [-0.4, -0.2) is 42.0 Å². The Bertz CT molecular complexity index is 655. The van der Waals surface area contributed by atoms with E-state index in [-0.39, 0.29) is 12.3 Å². The molecular weight excluding hydrogens is 268 g/mol. The van der Waals surface area contributed by atoms with Crippen molar-refractivity contribution in [3.05, 3.63) is 24.5 Å². The highest BCUT2D eigenvalue weighted by Crippen LogP contribution is 2.33. The first-order chi connectivity index (χ1) is 9.15. The van der Waals surface area contributed by atoms with Gasteiger partial charge >= 0.3 is 5.97 Å². The average Bonchev–Trinajstić information content (AvgIpc) is 2.92. The summed E-state index contributed by atoms with van der Waals surface area (Å²) in [5, 5.41) is 12.6. The monoisotopic (exact) mass is 276 g/mol. The Morgan fingerprint density at radius 2 is 2.16 bits per heavy atom. The van der Waals surface area contributed by atoms with Gasteiger partial charge in [0.1, 0.15) is 5.25 Å². The molecule has 19 heavy (non-hydrogen) atoms. The Morgan fingerprint density at radius 1 is 1.42 bits per heavy atom. The molecule has 0 fully saturated rings. The molecule has 1 aliphatic heterocycles. The van der Waals surface area contributed by atoms with Crippen LogP contribution in [0.3, 0.4) is 0 Å². The van der Waals surface area contributed by atoms with Gasteiger partial charge in [0.05, 0.1) is 6.42 Å². The smallest absolute Gasteiger partial charge is 0.305 e. The van der Waals surface area contributed by atoms with Gasteiger partial charge in [0, 0.05) is 18.0 Å². The second-order valence-electron chi connectivity index (χ2n) is 3.91. The van der Waals surface area contributed by atoms with E-state index in [4.69, 9.17) is 5.11 Å². The summed E-state index contributed by atoms with van der Waals surface area (Å²) in [5.74, 6) is -0.909. The number of rotatable bonds is 3. The molecule has 0 bridgehead atoms. The van der Waals surface area contributed by atoms with Crippen molar-refractivity contribution in [2.75, 3.05) is 0 Å². The molecule has 0 saturated heterocycles. The minimum absolute atomic E-state index is 0.223. The summed E-state index contributed by atoms with van der Waals surface area (Å²) in [6.07, 6.45) is 3.01. The van der Waals surface area contributed by atoms with E-state index < -0.39 is 11.2 Å². The highest BCUT2D eigenvalue weighted by molar-refractivity contribution is 8.00. The molecular formula is C11H8N4O3S. The summed E-state index contributed by atoms with van der Waals surface area (Å²) in [5.41, 5.74) is 0.764. The molecule has 2 aromatic heterocycles. The first kappa shape index (κ1) is 11.8.